The molecule has 0 aromatic heterocycles. The second-order valence-corrected chi connectivity index (χ2v) is 10.2. The molecule has 0 fully saturated rings. The van der Waals surface area contributed by atoms with Crippen LogP contribution in [0.4, 0.5) is 5.69 Å². The van der Waals surface area contributed by atoms with Gasteiger partial charge in [0, 0.05) is 19.2 Å². The first-order valence-electron chi connectivity index (χ1n) is 10.8. The Morgan fingerprint density at radius 1 is 0.939 bits per heavy atom. The first kappa shape index (κ1) is 24.3. The smallest absolute Gasteiger partial charge is 0.264 e. The molecule has 0 unspecified atom stereocenters. The zero-order valence-corrected chi connectivity index (χ0v) is 20.2. The molecule has 0 spiro atoms. The van der Waals surface area contributed by atoms with Crippen molar-refractivity contribution in [1.82, 2.24) is 4.90 Å². The Hall–Kier alpha value is -3.32. The lowest BCUT2D eigenvalue weighted by Gasteiger charge is -2.25. The largest absolute Gasteiger partial charge is 0.497 e. The second kappa shape index (κ2) is 10.5. The van der Waals surface area contributed by atoms with E-state index in [-0.39, 0.29) is 17.3 Å². The van der Waals surface area contributed by atoms with Gasteiger partial charge in [-0.1, -0.05) is 50.2 Å². The third-order valence-electron chi connectivity index (χ3n) is 5.18. The number of nitrogens with zero attached hydrogens (tertiary/aromatic N) is 2. The molecule has 0 bridgehead atoms. The highest BCUT2D eigenvalue weighted by Gasteiger charge is 2.26. The first-order chi connectivity index (χ1) is 15.7. The summed E-state index contributed by atoms with van der Waals surface area (Å²) in [6.07, 6.45) is 0. The van der Waals surface area contributed by atoms with Crippen molar-refractivity contribution in [1.29, 1.82) is 0 Å². The number of carbonyl (C=O) groups excluding carboxylic acids is 1. The van der Waals surface area contributed by atoms with E-state index < -0.39 is 10.0 Å². The Labute approximate surface area is 196 Å². The van der Waals surface area contributed by atoms with Crippen LogP contribution in [0.25, 0.3) is 0 Å². The number of rotatable bonds is 9. The van der Waals surface area contributed by atoms with Crippen LogP contribution in [0, 0.1) is 5.92 Å². The van der Waals surface area contributed by atoms with Gasteiger partial charge in [-0.15, -0.1) is 0 Å². The first-order valence-corrected chi connectivity index (χ1v) is 12.2. The minimum atomic E-state index is -3.95. The summed E-state index contributed by atoms with van der Waals surface area (Å²) in [6, 6.07) is 22.5. The van der Waals surface area contributed by atoms with Gasteiger partial charge in [-0.3, -0.25) is 9.10 Å². The number of carbonyl (C=O) groups is 1. The van der Waals surface area contributed by atoms with Gasteiger partial charge in [0.15, 0.2) is 0 Å². The number of sulfonamides is 1. The predicted molar refractivity (Wildman–Crippen MR) is 131 cm³/mol. The zero-order valence-electron chi connectivity index (χ0n) is 19.4. The topological polar surface area (TPSA) is 66.9 Å². The van der Waals surface area contributed by atoms with Crippen LogP contribution in [0.3, 0.4) is 0 Å². The Balaban J connectivity index is 2.01. The fourth-order valence-corrected chi connectivity index (χ4v) is 5.08. The van der Waals surface area contributed by atoms with Gasteiger partial charge in [-0.2, -0.15) is 0 Å². The summed E-state index contributed by atoms with van der Waals surface area (Å²) in [6.45, 7) is 4.80. The molecule has 0 saturated carbocycles. The Morgan fingerprint density at radius 3 is 2.21 bits per heavy atom. The van der Waals surface area contributed by atoms with E-state index in [4.69, 9.17) is 4.74 Å². The van der Waals surface area contributed by atoms with Crippen molar-refractivity contribution in [3.05, 3.63) is 90.0 Å². The van der Waals surface area contributed by atoms with Crippen molar-refractivity contribution in [3.63, 3.8) is 0 Å². The molecular weight excluding hydrogens is 436 g/mol. The van der Waals surface area contributed by atoms with Crippen LogP contribution >= 0.6 is 0 Å². The predicted octanol–water partition coefficient (Wildman–Crippen LogP) is 4.82. The molecule has 3 rings (SSSR count). The van der Waals surface area contributed by atoms with Crippen molar-refractivity contribution < 1.29 is 17.9 Å². The van der Waals surface area contributed by atoms with Gasteiger partial charge in [0.2, 0.25) is 0 Å². The summed E-state index contributed by atoms with van der Waals surface area (Å²) in [5.41, 5.74) is 1.70. The van der Waals surface area contributed by atoms with E-state index in [2.05, 4.69) is 0 Å². The number of methoxy groups -OCH3 is 1. The maximum absolute atomic E-state index is 13.8. The lowest BCUT2D eigenvalue weighted by atomic mass is 10.1. The molecule has 174 valence electrons. The van der Waals surface area contributed by atoms with E-state index in [0.29, 0.717) is 29.5 Å². The molecule has 33 heavy (non-hydrogen) atoms. The van der Waals surface area contributed by atoms with Crippen LogP contribution in [-0.4, -0.2) is 39.9 Å². The number of hydrogen-bond donors (Lipinski definition) is 0. The minimum Gasteiger partial charge on any atom is -0.497 e. The highest BCUT2D eigenvalue weighted by Crippen LogP contribution is 2.28. The van der Waals surface area contributed by atoms with Gasteiger partial charge in [0.25, 0.3) is 15.9 Å². The number of hydrogen-bond acceptors (Lipinski definition) is 4. The third-order valence-corrected chi connectivity index (χ3v) is 6.95. The maximum atomic E-state index is 13.8. The fraction of sp³-hybridized carbons (Fsp3) is 0.269. The summed E-state index contributed by atoms with van der Waals surface area (Å²) in [7, 11) is -0.668. The molecule has 6 nitrogen and oxygen atoms in total. The SMILES string of the molecule is COc1ccc(N(Cc2ccccc2)S(=O)(=O)c2cccc(C(=O)N(C)CC(C)C)c2)cc1. The minimum absolute atomic E-state index is 0.0676. The number of benzene rings is 3. The van der Waals surface area contributed by atoms with Crippen LogP contribution in [0.1, 0.15) is 29.8 Å². The van der Waals surface area contributed by atoms with E-state index in [1.54, 1.807) is 55.5 Å². The molecule has 0 N–H and O–H groups in total. The highest BCUT2D eigenvalue weighted by molar-refractivity contribution is 7.92. The van der Waals surface area contributed by atoms with Crippen LogP contribution in [-0.2, 0) is 16.6 Å². The lowest BCUT2D eigenvalue weighted by molar-refractivity contribution is 0.0779. The molecule has 0 atom stereocenters. The van der Waals surface area contributed by atoms with E-state index in [0.717, 1.165) is 5.56 Å². The number of ether oxygens (including phenoxy) is 1. The van der Waals surface area contributed by atoms with Crippen molar-refractivity contribution in [2.24, 2.45) is 5.92 Å². The van der Waals surface area contributed by atoms with Crippen LogP contribution in [0.2, 0.25) is 0 Å². The molecule has 0 aliphatic heterocycles. The lowest BCUT2D eigenvalue weighted by Crippen LogP contribution is -2.32. The quantitative estimate of drug-likeness (QED) is 0.454. The maximum Gasteiger partial charge on any atom is 0.264 e. The van der Waals surface area contributed by atoms with Gasteiger partial charge in [-0.05, 0) is 53.9 Å². The summed E-state index contributed by atoms with van der Waals surface area (Å²) in [5, 5.41) is 0. The molecule has 0 aliphatic carbocycles. The summed E-state index contributed by atoms with van der Waals surface area (Å²) < 4.78 is 34.1. The van der Waals surface area contributed by atoms with Crippen molar-refractivity contribution in [2.75, 3.05) is 25.0 Å². The molecule has 0 aliphatic rings. The van der Waals surface area contributed by atoms with Crippen LogP contribution < -0.4 is 9.04 Å². The van der Waals surface area contributed by atoms with Gasteiger partial charge >= 0.3 is 0 Å². The third kappa shape index (κ3) is 5.93. The highest BCUT2D eigenvalue weighted by atomic mass is 32.2. The molecule has 1 amide bonds. The molecule has 3 aromatic rings. The molecule has 7 heteroatoms. The number of amides is 1. The van der Waals surface area contributed by atoms with E-state index in [1.807, 2.05) is 44.2 Å². The fourth-order valence-electron chi connectivity index (χ4n) is 3.58. The molecule has 0 radical (unpaired) electrons. The Kier molecular flexibility index (Phi) is 7.76. The number of anilines is 1. The van der Waals surface area contributed by atoms with Crippen molar-refractivity contribution >= 4 is 21.6 Å². The van der Waals surface area contributed by atoms with Gasteiger partial charge in [0.1, 0.15) is 5.75 Å². The van der Waals surface area contributed by atoms with Gasteiger partial charge in [-0.25, -0.2) is 8.42 Å². The van der Waals surface area contributed by atoms with Gasteiger partial charge < -0.3 is 9.64 Å². The van der Waals surface area contributed by atoms with Crippen LogP contribution in [0.15, 0.2) is 83.8 Å². The summed E-state index contributed by atoms with van der Waals surface area (Å²) in [4.78, 5) is 14.5. The monoisotopic (exact) mass is 466 g/mol. The molecule has 3 aromatic carbocycles. The van der Waals surface area contributed by atoms with E-state index in [9.17, 15) is 13.2 Å². The second-order valence-electron chi connectivity index (χ2n) is 8.30. The molecule has 0 heterocycles. The summed E-state index contributed by atoms with van der Waals surface area (Å²) in [5.74, 6) is 0.735. The standard InChI is InChI=1S/C26H30N2O4S/c1-20(2)18-27(3)26(29)22-11-8-12-25(17-22)33(30,31)28(19-21-9-6-5-7-10-21)23-13-15-24(32-4)16-14-23/h5-17,20H,18-19H2,1-4H3. The van der Waals surface area contributed by atoms with E-state index >= 15 is 0 Å². The van der Waals surface area contributed by atoms with Gasteiger partial charge in [0.05, 0.1) is 24.2 Å². The zero-order chi connectivity index (χ0) is 24.0. The van der Waals surface area contributed by atoms with Crippen molar-refractivity contribution in [3.8, 4) is 5.75 Å². The average Bonchev–Trinajstić information content (AvgIpc) is 2.82. The van der Waals surface area contributed by atoms with Crippen LogP contribution in [0.5, 0.6) is 5.75 Å². The van der Waals surface area contributed by atoms with E-state index in [1.165, 1.54) is 16.4 Å². The Morgan fingerprint density at radius 2 is 1.61 bits per heavy atom. The average molecular weight is 467 g/mol. The molecule has 0 saturated heterocycles. The van der Waals surface area contributed by atoms with Crippen molar-refractivity contribution in [2.45, 2.75) is 25.3 Å². The molecular formula is C26H30N2O4S. The normalized spacial score (nSPS) is 11.3. The summed E-state index contributed by atoms with van der Waals surface area (Å²) >= 11 is 0. The Bertz CT molecular complexity index is 1180.